The summed E-state index contributed by atoms with van der Waals surface area (Å²) in [7, 11) is 1.89. The molecule has 12 heteroatoms. The molecule has 0 saturated carbocycles. The minimum Gasteiger partial charge on any atom is -0.484 e. The molecule has 3 heterocycles. The lowest BCUT2D eigenvalue weighted by atomic mass is 9.80. The summed E-state index contributed by atoms with van der Waals surface area (Å²) in [6.45, 7) is 1.32. The number of Topliss-reactive ketones (excluding diaryl/α,β-unsaturated/α-hetero) is 1. The van der Waals surface area contributed by atoms with Crippen LogP contribution < -0.4 is 4.74 Å². The van der Waals surface area contributed by atoms with Gasteiger partial charge in [0.1, 0.15) is 5.75 Å². The van der Waals surface area contributed by atoms with Gasteiger partial charge in [0.2, 0.25) is 0 Å². The van der Waals surface area contributed by atoms with Gasteiger partial charge in [-0.25, -0.2) is 0 Å². The van der Waals surface area contributed by atoms with Gasteiger partial charge in [0.05, 0.1) is 11.2 Å². The van der Waals surface area contributed by atoms with Gasteiger partial charge in [-0.3, -0.25) is 14.5 Å². The summed E-state index contributed by atoms with van der Waals surface area (Å²) in [5, 5.41) is 0. The highest BCUT2D eigenvalue weighted by atomic mass is 19.4. The van der Waals surface area contributed by atoms with E-state index in [1.807, 2.05) is 14.0 Å². The molecule has 1 atom stereocenters. The van der Waals surface area contributed by atoms with Crippen molar-refractivity contribution >= 4 is 11.7 Å². The lowest BCUT2D eigenvalue weighted by molar-refractivity contribution is -0.153. The van der Waals surface area contributed by atoms with Crippen LogP contribution in [0.4, 0.5) is 26.3 Å². The molecule has 1 saturated heterocycles. The summed E-state index contributed by atoms with van der Waals surface area (Å²) < 4.78 is 82.5. The zero-order valence-electron chi connectivity index (χ0n) is 19.6. The second-order valence-electron chi connectivity index (χ2n) is 9.25. The van der Waals surface area contributed by atoms with Crippen molar-refractivity contribution < 1.29 is 40.7 Å². The first-order valence-electron chi connectivity index (χ1n) is 11.4. The van der Waals surface area contributed by atoms with Gasteiger partial charge in [-0.05, 0) is 63.2 Å². The Hall–Kier alpha value is -3.02. The van der Waals surface area contributed by atoms with E-state index < -0.39 is 30.3 Å². The number of aromatic nitrogens is 1. The predicted octanol–water partition coefficient (Wildman–Crippen LogP) is 4.64. The molecule has 1 spiro atoms. The molecule has 6 nitrogen and oxygen atoms in total. The number of alkyl halides is 6. The molecule has 2 aliphatic heterocycles. The topological polar surface area (TPSA) is 54.8 Å². The van der Waals surface area contributed by atoms with E-state index in [0.717, 1.165) is 0 Å². The quantitative estimate of drug-likeness (QED) is 0.438. The van der Waals surface area contributed by atoms with Crippen molar-refractivity contribution in [2.75, 3.05) is 26.7 Å². The van der Waals surface area contributed by atoms with Crippen molar-refractivity contribution in [3.05, 3.63) is 53.3 Å². The molecule has 2 aliphatic rings. The van der Waals surface area contributed by atoms with Gasteiger partial charge in [0.25, 0.3) is 11.7 Å². The number of nitrogens with zero attached hydrogens (tertiary/aromatic N) is 3. The zero-order valence-corrected chi connectivity index (χ0v) is 19.6. The van der Waals surface area contributed by atoms with Crippen LogP contribution in [0.2, 0.25) is 0 Å². The van der Waals surface area contributed by atoms with Crippen LogP contribution in [-0.2, 0) is 12.1 Å². The molecule has 0 bridgehead atoms. The number of piperidine rings is 1. The van der Waals surface area contributed by atoms with E-state index in [9.17, 15) is 35.9 Å². The normalized spacial score (nSPS) is 20.3. The molecule has 0 unspecified atom stereocenters. The summed E-state index contributed by atoms with van der Waals surface area (Å²) in [5.41, 5.74) is -0.123. The summed E-state index contributed by atoms with van der Waals surface area (Å²) in [6, 6.07) is 8.04. The van der Waals surface area contributed by atoms with Crippen LogP contribution in [-0.4, -0.2) is 71.2 Å². The van der Waals surface area contributed by atoms with Crippen LogP contribution >= 0.6 is 0 Å². The number of halogens is 6. The molecular formula is C24H25F6N3O3. The third-order valence-electron chi connectivity index (χ3n) is 7.11. The number of amides is 1. The molecule has 0 radical (unpaired) electrons. The summed E-state index contributed by atoms with van der Waals surface area (Å²) >= 11 is 0. The number of carbonyl (C=O) groups is 2. The van der Waals surface area contributed by atoms with Gasteiger partial charge in [0, 0.05) is 36.9 Å². The number of fused-ring (bicyclic) bond motifs is 2. The second kappa shape index (κ2) is 9.13. The van der Waals surface area contributed by atoms with E-state index in [0.29, 0.717) is 31.6 Å². The first-order chi connectivity index (χ1) is 16.7. The van der Waals surface area contributed by atoms with E-state index in [-0.39, 0.29) is 35.5 Å². The van der Waals surface area contributed by atoms with Gasteiger partial charge in [-0.1, -0.05) is 0 Å². The highest BCUT2D eigenvalue weighted by Crippen LogP contribution is 2.44. The third kappa shape index (κ3) is 4.82. The molecule has 196 valence electrons. The van der Waals surface area contributed by atoms with Crippen molar-refractivity contribution in [1.82, 2.24) is 14.4 Å². The van der Waals surface area contributed by atoms with Crippen LogP contribution in [0.25, 0.3) is 0 Å². The fraction of sp³-hybridized carbons (Fsp3) is 0.500. The Bertz CT molecular complexity index is 1130. The van der Waals surface area contributed by atoms with Crippen LogP contribution in [0.1, 0.15) is 46.3 Å². The van der Waals surface area contributed by atoms with Gasteiger partial charge in [-0.15, -0.1) is 0 Å². The van der Waals surface area contributed by atoms with Crippen LogP contribution in [0.3, 0.4) is 0 Å². The van der Waals surface area contributed by atoms with E-state index in [4.69, 9.17) is 0 Å². The standard InChI is InChI=1S/C24H25F6N3O3/c1-15-13-33-18(20(34)24(28,29)30)7-8-19(33)22(31(15)2)9-11-32(12-10-22)21(35)16-3-5-17(6-4-16)36-14-23(25,26)27/h3-8,15H,9-14H2,1-2H3/t15-/m1/s1. The van der Waals surface area contributed by atoms with Crippen molar-refractivity contribution in [3.63, 3.8) is 0 Å². The van der Waals surface area contributed by atoms with E-state index in [1.165, 1.54) is 34.9 Å². The predicted molar refractivity (Wildman–Crippen MR) is 117 cm³/mol. The Morgan fingerprint density at radius 1 is 1.00 bits per heavy atom. The molecule has 1 fully saturated rings. The maximum atomic E-state index is 13.1. The molecule has 2 aromatic rings. The Morgan fingerprint density at radius 3 is 2.17 bits per heavy atom. The van der Waals surface area contributed by atoms with Crippen molar-refractivity contribution in [1.29, 1.82) is 0 Å². The second-order valence-corrected chi connectivity index (χ2v) is 9.25. The summed E-state index contributed by atoms with van der Waals surface area (Å²) in [6.07, 6.45) is -8.56. The van der Waals surface area contributed by atoms with Crippen molar-refractivity contribution in [2.45, 2.75) is 50.2 Å². The Balaban J connectivity index is 1.50. The van der Waals surface area contributed by atoms with Crippen molar-refractivity contribution in [3.8, 4) is 5.75 Å². The molecule has 1 aromatic heterocycles. The highest BCUT2D eigenvalue weighted by molar-refractivity contribution is 5.99. The Labute approximate surface area is 203 Å². The number of ether oxygens (including phenoxy) is 1. The number of likely N-dealkylation sites (N-methyl/N-ethyl adjacent to an activating group) is 1. The average molecular weight is 517 g/mol. The number of benzene rings is 1. The summed E-state index contributed by atoms with van der Waals surface area (Å²) in [5.74, 6) is -2.19. The van der Waals surface area contributed by atoms with Gasteiger partial charge < -0.3 is 14.2 Å². The highest BCUT2D eigenvalue weighted by Gasteiger charge is 2.49. The lowest BCUT2D eigenvalue weighted by Crippen LogP contribution is -2.59. The zero-order chi connectivity index (χ0) is 26.5. The molecule has 36 heavy (non-hydrogen) atoms. The lowest BCUT2D eigenvalue weighted by Gasteiger charge is -2.53. The molecule has 1 amide bonds. The number of carbonyl (C=O) groups excluding carboxylic acids is 2. The third-order valence-corrected chi connectivity index (χ3v) is 7.11. The first kappa shape index (κ1) is 26.1. The number of hydrogen-bond acceptors (Lipinski definition) is 4. The number of hydrogen-bond donors (Lipinski definition) is 0. The van der Waals surface area contributed by atoms with Crippen LogP contribution in [0.5, 0.6) is 5.75 Å². The van der Waals surface area contributed by atoms with E-state index >= 15 is 0 Å². The molecule has 1 aromatic carbocycles. The molecular weight excluding hydrogens is 492 g/mol. The van der Waals surface area contributed by atoms with Gasteiger partial charge >= 0.3 is 12.4 Å². The first-order valence-corrected chi connectivity index (χ1v) is 11.4. The van der Waals surface area contributed by atoms with Crippen LogP contribution in [0, 0.1) is 0 Å². The Kier molecular flexibility index (Phi) is 6.61. The fourth-order valence-corrected chi connectivity index (χ4v) is 5.13. The average Bonchev–Trinajstić information content (AvgIpc) is 3.24. The molecule has 0 aliphatic carbocycles. The van der Waals surface area contributed by atoms with Crippen LogP contribution in [0.15, 0.2) is 36.4 Å². The number of ketones is 1. The summed E-state index contributed by atoms with van der Waals surface area (Å²) in [4.78, 5) is 28.7. The van der Waals surface area contributed by atoms with Gasteiger partial charge in [0.15, 0.2) is 6.61 Å². The maximum Gasteiger partial charge on any atom is 0.456 e. The minimum absolute atomic E-state index is 0.00994. The number of rotatable bonds is 4. The fourth-order valence-electron chi connectivity index (χ4n) is 5.13. The maximum absolute atomic E-state index is 13.1. The minimum atomic E-state index is -4.97. The van der Waals surface area contributed by atoms with E-state index in [2.05, 4.69) is 9.64 Å². The van der Waals surface area contributed by atoms with E-state index in [1.54, 1.807) is 11.0 Å². The smallest absolute Gasteiger partial charge is 0.456 e. The SMILES string of the molecule is C[C@@H]1Cn2c(C(=O)C(F)(F)F)ccc2C2(CCN(C(=O)c3ccc(OCC(F)(F)F)cc3)CC2)N1C. The Morgan fingerprint density at radius 2 is 1.61 bits per heavy atom. The largest absolute Gasteiger partial charge is 0.484 e. The van der Waals surface area contributed by atoms with Crippen molar-refractivity contribution in [2.24, 2.45) is 0 Å². The number of likely N-dealkylation sites (tertiary alicyclic amines) is 1. The van der Waals surface area contributed by atoms with Gasteiger partial charge in [-0.2, -0.15) is 26.3 Å². The molecule has 4 rings (SSSR count). The monoisotopic (exact) mass is 517 g/mol. The molecule has 0 N–H and O–H groups in total.